The zero-order valence-corrected chi connectivity index (χ0v) is 18.7. The van der Waals surface area contributed by atoms with Crippen molar-refractivity contribution in [2.45, 2.75) is 0 Å². The zero-order valence-electron chi connectivity index (χ0n) is 18.7. The Balaban J connectivity index is 1.82. The lowest BCUT2D eigenvalue weighted by atomic mass is 9.86. The van der Waals surface area contributed by atoms with Crippen LogP contribution in [0.2, 0.25) is 0 Å². The Kier molecular flexibility index (Phi) is 5.63. The van der Waals surface area contributed by atoms with Gasteiger partial charge in [0.15, 0.2) is 0 Å². The highest BCUT2D eigenvalue weighted by atomic mass is 14.9. The highest BCUT2D eigenvalue weighted by Gasteiger charge is 2.18. The largest absolute Gasteiger partial charge is 0.399 e. The van der Waals surface area contributed by atoms with E-state index < -0.39 is 0 Å². The van der Waals surface area contributed by atoms with Gasteiger partial charge in [0.2, 0.25) is 0 Å². The van der Waals surface area contributed by atoms with Gasteiger partial charge in [0.1, 0.15) is 0 Å². The molecule has 0 saturated carbocycles. The first-order valence-electron chi connectivity index (χ1n) is 11.2. The van der Waals surface area contributed by atoms with E-state index in [4.69, 9.17) is 17.2 Å². The zero-order chi connectivity index (χ0) is 23.5. The average Bonchev–Trinajstić information content (AvgIpc) is 2.86. The van der Waals surface area contributed by atoms with Crippen molar-refractivity contribution in [3.05, 3.63) is 115 Å². The standard InChI is InChI=1S/C30H26N4/c31-23-12-6-20(7-13-23)27-18-19-28(34-26-4-2-1-3-5-26)30(22-10-16-25(33)17-11-22)29(27)21-8-14-24(32)15-9-21/h1-19,34H,31-33H2. The lowest BCUT2D eigenvalue weighted by Crippen LogP contribution is -1.99. The number of para-hydroxylation sites is 1. The van der Waals surface area contributed by atoms with Crippen molar-refractivity contribution in [3.8, 4) is 33.4 Å². The smallest absolute Gasteiger partial charge is 0.0470 e. The van der Waals surface area contributed by atoms with Crippen LogP contribution >= 0.6 is 0 Å². The van der Waals surface area contributed by atoms with E-state index in [0.29, 0.717) is 0 Å². The fourth-order valence-corrected chi connectivity index (χ4v) is 4.19. The summed E-state index contributed by atoms with van der Waals surface area (Å²) in [5, 5.41) is 3.62. The fourth-order valence-electron chi connectivity index (χ4n) is 4.19. The number of nitrogen functional groups attached to an aromatic ring is 3. The van der Waals surface area contributed by atoms with Gasteiger partial charge in [-0.05, 0) is 82.4 Å². The molecule has 0 aliphatic rings. The second-order valence-electron chi connectivity index (χ2n) is 8.27. The van der Waals surface area contributed by atoms with Crippen molar-refractivity contribution in [3.63, 3.8) is 0 Å². The molecule has 4 heteroatoms. The van der Waals surface area contributed by atoms with E-state index in [1.54, 1.807) is 0 Å². The van der Waals surface area contributed by atoms with Gasteiger partial charge >= 0.3 is 0 Å². The topological polar surface area (TPSA) is 90.1 Å². The Labute approximate surface area is 199 Å². The van der Waals surface area contributed by atoms with Gasteiger partial charge in [-0.2, -0.15) is 0 Å². The number of rotatable bonds is 5. The van der Waals surface area contributed by atoms with Crippen LogP contribution in [0, 0.1) is 0 Å². The van der Waals surface area contributed by atoms with E-state index in [1.165, 1.54) is 0 Å². The van der Waals surface area contributed by atoms with E-state index in [9.17, 15) is 0 Å². The monoisotopic (exact) mass is 442 g/mol. The molecule has 4 nitrogen and oxygen atoms in total. The highest BCUT2D eigenvalue weighted by Crippen LogP contribution is 2.45. The molecule has 0 atom stereocenters. The predicted molar refractivity (Wildman–Crippen MR) is 146 cm³/mol. The maximum absolute atomic E-state index is 6.03. The summed E-state index contributed by atoms with van der Waals surface area (Å²) in [6.07, 6.45) is 0. The van der Waals surface area contributed by atoms with Crippen LogP contribution in [0.3, 0.4) is 0 Å². The molecule has 0 unspecified atom stereocenters. The molecular weight excluding hydrogens is 416 g/mol. The number of nitrogens with two attached hydrogens (primary N) is 3. The maximum Gasteiger partial charge on any atom is 0.0470 e. The van der Waals surface area contributed by atoms with E-state index in [0.717, 1.165) is 61.8 Å². The normalized spacial score (nSPS) is 10.7. The number of nitrogens with one attached hydrogen (secondary N) is 1. The van der Waals surface area contributed by atoms with E-state index in [-0.39, 0.29) is 0 Å². The SMILES string of the molecule is Nc1ccc(-c2ccc(Nc3ccccc3)c(-c3ccc(N)cc3)c2-c2ccc(N)cc2)cc1. The summed E-state index contributed by atoms with van der Waals surface area (Å²) in [4.78, 5) is 0. The Bertz CT molecular complexity index is 1410. The molecule has 5 aromatic carbocycles. The molecule has 0 aliphatic carbocycles. The lowest BCUT2D eigenvalue weighted by Gasteiger charge is -2.21. The second-order valence-corrected chi connectivity index (χ2v) is 8.27. The molecule has 0 fully saturated rings. The molecule has 5 rings (SSSR count). The van der Waals surface area contributed by atoms with Gasteiger partial charge < -0.3 is 22.5 Å². The molecule has 0 bridgehead atoms. The summed E-state index contributed by atoms with van der Waals surface area (Å²) < 4.78 is 0. The summed E-state index contributed by atoms with van der Waals surface area (Å²) in [6, 6.07) is 38.4. The summed E-state index contributed by atoms with van der Waals surface area (Å²) in [5.74, 6) is 0. The molecule has 0 aromatic heterocycles. The minimum Gasteiger partial charge on any atom is -0.399 e. The average molecular weight is 443 g/mol. The number of hydrogen-bond acceptors (Lipinski definition) is 4. The molecule has 0 radical (unpaired) electrons. The maximum atomic E-state index is 6.03. The van der Waals surface area contributed by atoms with Crippen LogP contribution in [-0.2, 0) is 0 Å². The molecule has 5 aromatic rings. The summed E-state index contributed by atoms with van der Waals surface area (Å²) in [7, 11) is 0. The highest BCUT2D eigenvalue weighted by molar-refractivity contribution is 6.01. The van der Waals surface area contributed by atoms with Crippen LogP contribution in [0.4, 0.5) is 28.4 Å². The van der Waals surface area contributed by atoms with Crippen LogP contribution < -0.4 is 22.5 Å². The number of hydrogen-bond donors (Lipinski definition) is 4. The molecule has 0 amide bonds. The molecule has 0 spiro atoms. The van der Waals surface area contributed by atoms with Gasteiger partial charge in [0.25, 0.3) is 0 Å². The van der Waals surface area contributed by atoms with E-state index >= 15 is 0 Å². The molecule has 34 heavy (non-hydrogen) atoms. The second kappa shape index (κ2) is 9.04. The quantitative estimate of drug-likeness (QED) is 0.217. The predicted octanol–water partition coefficient (Wildman–Crippen LogP) is 7.18. The molecule has 0 aliphatic heterocycles. The van der Waals surface area contributed by atoms with Crippen molar-refractivity contribution < 1.29 is 0 Å². The van der Waals surface area contributed by atoms with Crippen LogP contribution in [0.5, 0.6) is 0 Å². The van der Waals surface area contributed by atoms with Crippen LogP contribution in [0.25, 0.3) is 33.4 Å². The third-order valence-electron chi connectivity index (χ3n) is 5.88. The van der Waals surface area contributed by atoms with E-state index in [2.05, 4.69) is 66.0 Å². The van der Waals surface area contributed by atoms with Gasteiger partial charge in [-0.25, -0.2) is 0 Å². The molecule has 166 valence electrons. The Hall–Kier alpha value is -4.70. The van der Waals surface area contributed by atoms with Gasteiger partial charge in [-0.1, -0.05) is 60.7 Å². The first kappa shape index (κ1) is 21.2. The van der Waals surface area contributed by atoms with Gasteiger partial charge in [-0.15, -0.1) is 0 Å². The van der Waals surface area contributed by atoms with Gasteiger partial charge in [-0.3, -0.25) is 0 Å². The molecule has 0 heterocycles. The van der Waals surface area contributed by atoms with Crippen LogP contribution in [0.1, 0.15) is 0 Å². The van der Waals surface area contributed by atoms with Crippen molar-refractivity contribution in [1.29, 1.82) is 0 Å². The number of benzene rings is 5. The first-order chi connectivity index (χ1) is 16.6. The first-order valence-corrected chi connectivity index (χ1v) is 11.2. The summed E-state index contributed by atoms with van der Waals surface area (Å²) in [5.41, 5.74) is 28.8. The Morgan fingerprint density at radius 3 is 1.41 bits per heavy atom. The van der Waals surface area contributed by atoms with Crippen molar-refractivity contribution >= 4 is 28.4 Å². The van der Waals surface area contributed by atoms with Crippen molar-refractivity contribution in [1.82, 2.24) is 0 Å². The van der Waals surface area contributed by atoms with Gasteiger partial charge in [0, 0.05) is 34.0 Å². The third-order valence-corrected chi connectivity index (χ3v) is 5.88. The minimum atomic E-state index is 0.727. The Morgan fingerprint density at radius 2 is 0.882 bits per heavy atom. The fraction of sp³-hybridized carbons (Fsp3) is 0. The summed E-state index contributed by atoms with van der Waals surface area (Å²) >= 11 is 0. The molecule has 7 N–H and O–H groups in total. The van der Waals surface area contributed by atoms with Crippen LogP contribution in [-0.4, -0.2) is 0 Å². The number of anilines is 5. The van der Waals surface area contributed by atoms with Crippen molar-refractivity contribution in [2.75, 3.05) is 22.5 Å². The third kappa shape index (κ3) is 4.30. The molecule has 0 saturated heterocycles. The van der Waals surface area contributed by atoms with Gasteiger partial charge in [0.05, 0.1) is 0 Å². The molecular formula is C30H26N4. The minimum absolute atomic E-state index is 0.727. The van der Waals surface area contributed by atoms with Crippen molar-refractivity contribution in [2.24, 2.45) is 0 Å². The van der Waals surface area contributed by atoms with E-state index in [1.807, 2.05) is 54.6 Å². The Morgan fingerprint density at radius 1 is 0.412 bits per heavy atom. The lowest BCUT2D eigenvalue weighted by molar-refractivity contribution is 1.51. The van der Waals surface area contributed by atoms with Crippen LogP contribution in [0.15, 0.2) is 115 Å². The summed E-state index contributed by atoms with van der Waals surface area (Å²) in [6.45, 7) is 0.